The van der Waals surface area contributed by atoms with Crippen LogP contribution in [0.3, 0.4) is 0 Å². The van der Waals surface area contributed by atoms with E-state index in [1.807, 2.05) is 84.9 Å². The molecule has 0 spiro atoms. The van der Waals surface area contributed by atoms with E-state index in [4.69, 9.17) is 16.3 Å². The average molecular weight is 578 g/mol. The van der Waals surface area contributed by atoms with E-state index in [9.17, 15) is 19.5 Å². The van der Waals surface area contributed by atoms with E-state index in [1.54, 1.807) is 13.0 Å². The van der Waals surface area contributed by atoms with Gasteiger partial charge in [0.05, 0.1) is 23.5 Å². The van der Waals surface area contributed by atoms with Crippen LogP contribution in [0.15, 0.2) is 95.8 Å². The Morgan fingerprint density at radius 3 is 2.24 bits per heavy atom. The Balaban J connectivity index is 1.35. The van der Waals surface area contributed by atoms with E-state index < -0.39 is 11.4 Å². The highest BCUT2D eigenvalue weighted by Gasteiger charge is 2.52. The number of esters is 1. The lowest BCUT2D eigenvalue weighted by Gasteiger charge is -2.16. The van der Waals surface area contributed by atoms with Crippen LogP contribution in [0.2, 0.25) is 5.02 Å². The Bertz CT molecular complexity index is 1900. The van der Waals surface area contributed by atoms with Crippen molar-refractivity contribution in [3.8, 4) is 33.4 Å². The minimum absolute atomic E-state index is 0.130. The van der Waals surface area contributed by atoms with Gasteiger partial charge in [0.25, 0.3) is 5.56 Å². The molecule has 1 saturated carbocycles. The Morgan fingerprint density at radius 1 is 0.857 bits per heavy atom. The number of benzene rings is 4. The molecule has 0 radical (unpaired) electrons. The summed E-state index contributed by atoms with van der Waals surface area (Å²) in [7, 11) is 0. The Morgan fingerprint density at radius 2 is 1.55 bits per heavy atom. The lowest BCUT2D eigenvalue weighted by Crippen LogP contribution is -2.20. The SMILES string of the molecule is CCOC(=O)Cc1cccc(-c2cc3cc(-c4ccc(-c5ccccc5C5(C(=O)O)CC5)cc4)c(Cl)cc3[nH]c2=O)c1. The van der Waals surface area contributed by atoms with Crippen LogP contribution in [0.5, 0.6) is 0 Å². The van der Waals surface area contributed by atoms with Gasteiger partial charge in [0, 0.05) is 16.6 Å². The van der Waals surface area contributed by atoms with Gasteiger partial charge in [-0.05, 0) is 76.7 Å². The number of rotatable bonds is 8. The van der Waals surface area contributed by atoms with Crippen LogP contribution < -0.4 is 5.56 Å². The fourth-order valence-electron chi connectivity index (χ4n) is 5.60. The van der Waals surface area contributed by atoms with E-state index in [1.165, 1.54) is 0 Å². The van der Waals surface area contributed by atoms with Gasteiger partial charge in [-0.3, -0.25) is 14.4 Å². The van der Waals surface area contributed by atoms with Crippen molar-refractivity contribution in [1.82, 2.24) is 4.98 Å². The molecule has 0 atom stereocenters. The van der Waals surface area contributed by atoms with Crippen molar-refractivity contribution >= 4 is 34.4 Å². The molecule has 0 aliphatic heterocycles. The maximum Gasteiger partial charge on any atom is 0.314 e. The molecule has 6 rings (SSSR count). The first kappa shape index (κ1) is 27.5. The molecule has 7 heteroatoms. The number of hydrogen-bond acceptors (Lipinski definition) is 4. The molecule has 1 heterocycles. The molecular weight excluding hydrogens is 550 g/mol. The third kappa shape index (κ3) is 5.10. The molecule has 5 aromatic rings. The fraction of sp³-hybridized carbons (Fsp3) is 0.171. The van der Waals surface area contributed by atoms with Crippen LogP contribution in [0.4, 0.5) is 0 Å². The number of pyridine rings is 1. The second kappa shape index (κ2) is 11.0. The van der Waals surface area contributed by atoms with Crippen molar-refractivity contribution in [3.05, 3.63) is 117 Å². The lowest BCUT2D eigenvalue weighted by atomic mass is 9.87. The first-order valence-electron chi connectivity index (χ1n) is 13.8. The number of aliphatic carboxylic acids is 1. The maximum atomic E-state index is 13.0. The van der Waals surface area contributed by atoms with E-state index in [-0.39, 0.29) is 17.9 Å². The monoisotopic (exact) mass is 577 g/mol. The summed E-state index contributed by atoms with van der Waals surface area (Å²) < 4.78 is 5.06. The van der Waals surface area contributed by atoms with Gasteiger partial charge in [-0.2, -0.15) is 0 Å². The van der Waals surface area contributed by atoms with Crippen molar-refractivity contribution < 1.29 is 19.4 Å². The van der Waals surface area contributed by atoms with Crippen LogP contribution in [-0.2, 0) is 26.2 Å². The molecule has 0 saturated heterocycles. The molecule has 42 heavy (non-hydrogen) atoms. The number of fused-ring (bicyclic) bond motifs is 1. The van der Waals surface area contributed by atoms with Gasteiger partial charge < -0.3 is 14.8 Å². The summed E-state index contributed by atoms with van der Waals surface area (Å²) >= 11 is 6.70. The normalized spacial score (nSPS) is 13.6. The van der Waals surface area contributed by atoms with Gasteiger partial charge in [0.15, 0.2) is 0 Å². The highest BCUT2D eigenvalue weighted by molar-refractivity contribution is 6.34. The van der Waals surface area contributed by atoms with Gasteiger partial charge >= 0.3 is 11.9 Å². The zero-order valence-corrected chi connectivity index (χ0v) is 23.7. The summed E-state index contributed by atoms with van der Waals surface area (Å²) in [6.45, 7) is 2.08. The zero-order valence-electron chi connectivity index (χ0n) is 22.9. The number of hydrogen-bond donors (Lipinski definition) is 2. The van der Waals surface area contributed by atoms with E-state index in [0.29, 0.717) is 41.1 Å². The summed E-state index contributed by atoms with van der Waals surface area (Å²) in [5, 5.41) is 11.2. The summed E-state index contributed by atoms with van der Waals surface area (Å²) in [6, 6.07) is 28.5. The van der Waals surface area contributed by atoms with E-state index in [2.05, 4.69) is 4.98 Å². The number of carbonyl (C=O) groups is 2. The van der Waals surface area contributed by atoms with Gasteiger partial charge in [0.2, 0.25) is 0 Å². The average Bonchev–Trinajstić information content (AvgIpc) is 3.80. The predicted molar refractivity (Wildman–Crippen MR) is 165 cm³/mol. The fourth-order valence-corrected chi connectivity index (χ4v) is 5.87. The number of H-pyrrole nitrogens is 1. The topological polar surface area (TPSA) is 96.5 Å². The number of ether oxygens (including phenoxy) is 1. The molecule has 1 aliphatic carbocycles. The van der Waals surface area contributed by atoms with Crippen molar-refractivity contribution in [2.75, 3.05) is 6.61 Å². The Labute approximate surface area is 247 Å². The second-order valence-corrected chi connectivity index (χ2v) is 11.0. The minimum atomic E-state index is -0.802. The maximum absolute atomic E-state index is 13.0. The molecular formula is C35H28ClNO5. The summed E-state index contributed by atoms with van der Waals surface area (Å²) in [5.41, 5.74) is 5.92. The standard InChI is InChI=1S/C35H28ClNO5/c1-2-42-32(38)17-21-6-5-7-24(16-21)28-19-25-18-27(30(36)20-31(25)37-33(28)39)23-12-10-22(11-13-23)26-8-3-4-9-29(26)35(14-15-35)34(40)41/h3-13,16,18-20H,2,14-15,17H2,1H3,(H,37,39)(H,40,41). The second-order valence-electron chi connectivity index (χ2n) is 10.6. The van der Waals surface area contributed by atoms with Gasteiger partial charge in [-0.15, -0.1) is 0 Å². The van der Waals surface area contributed by atoms with Crippen LogP contribution in [0, 0.1) is 0 Å². The van der Waals surface area contributed by atoms with E-state index in [0.717, 1.165) is 38.8 Å². The molecule has 1 aromatic heterocycles. The van der Waals surface area contributed by atoms with Crippen molar-refractivity contribution in [3.63, 3.8) is 0 Å². The lowest BCUT2D eigenvalue weighted by molar-refractivity contribution is -0.142. The molecule has 4 aromatic carbocycles. The van der Waals surface area contributed by atoms with Crippen molar-refractivity contribution in [2.24, 2.45) is 0 Å². The van der Waals surface area contributed by atoms with Crippen LogP contribution in [0.25, 0.3) is 44.3 Å². The van der Waals surface area contributed by atoms with E-state index >= 15 is 0 Å². The zero-order chi connectivity index (χ0) is 29.4. The summed E-state index contributed by atoms with van der Waals surface area (Å²) in [4.78, 5) is 40.0. The third-order valence-corrected chi connectivity index (χ3v) is 8.25. The van der Waals surface area contributed by atoms with Gasteiger partial charge in [-0.1, -0.05) is 84.4 Å². The highest BCUT2D eigenvalue weighted by Crippen LogP contribution is 2.51. The molecule has 0 bridgehead atoms. The number of carbonyl (C=O) groups excluding carboxylic acids is 1. The smallest absolute Gasteiger partial charge is 0.314 e. The molecule has 210 valence electrons. The molecule has 1 aliphatic rings. The van der Waals surface area contributed by atoms with Crippen LogP contribution >= 0.6 is 11.6 Å². The predicted octanol–water partition coefficient (Wildman–Crippen LogP) is 7.40. The Hall–Kier alpha value is -4.68. The number of aromatic amines is 1. The van der Waals surface area contributed by atoms with Crippen molar-refractivity contribution in [1.29, 1.82) is 0 Å². The first-order chi connectivity index (χ1) is 20.3. The summed E-state index contributed by atoms with van der Waals surface area (Å²) in [6.07, 6.45) is 1.42. The Kier molecular flexibility index (Phi) is 7.17. The van der Waals surface area contributed by atoms with Crippen LogP contribution in [-0.4, -0.2) is 28.6 Å². The molecule has 0 unspecified atom stereocenters. The minimum Gasteiger partial charge on any atom is -0.481 e. The number of carboxylic acid groups (broad SMARTS) is 1. The number of carboxylic acids is 1. The molecule has 2 N–H and O–H groups in total. The van der Waals surface area contributed by atoms with Crippen LogP contribution in [0.1, 0.15) is 30.9 Å². The molecule has 1 fully saturated rings. The number of nitrogens with one attached hydrogen (secondary N) is 1. The van der Waals surface area contributed by atoms with Gasteiger partial charge in [0.1, 0.15) is 0 Å². The van der Waals surface area contributed by atoms with Gasteiger partial charge in [-0.25, -0.2) is 0 Å². The molecule has 6 nitrogen and oxygen atoms in total. The summed E-state index contributed by atoms with van der Waals surface area (Å²) in [5.74, 6) is -1.09. The largest absolute Gasteiger partial charge is 0.481 e. The molecule has 0 amide bonds. The quantitative estimate of drug-likeness (QED) is 0.187. The number of halogens is 1. The number of aromatic nitrogens is 1. The first-order valence-corrected chi connectivity index (χ1v) is 14.2. The highest BCUT2D eigenvalue weighted by atomic mass is 35.5. The van der Waals surface area contributed by atoms with Crippen molar-refractivity contribution in [2.45, 2.75) is 31.6 Å². The third-order valence-electron chi connectivity index (χ3n) is 7.93.